The van der Waals surface area contributed by atoms with Crippen LogP contribution in [-0.4, -0.2) is 43.4 Å². The molecule has 0 saturated heterocycles. The Bertz CT molecular complexity index is 329. The average Bonchev–Trinajstić information content (AvgIpc) is 3.19. The fourth-order valence-corrected chi connectivity index (χ4v) is 2.15. The third-order valence-electron chi connectivity index (χ3n) is 3.87. The van der Waals surface area contributed by atoms with Crippen LogP contribution in [0.15, 0.2) is 0 Å². The summed E-state index contributed by atoms with van der Waals surface area (Å²) in [7, 11) is 1.67. The molecule has 1 rings (SSSR count). The highest BCUT2D eigenvalue weighted by atomic mass is 16.5. The number of carboxylic acids is 1. The van der Waals surface area contributed by atoms with Gasteiger partial charge in [0.25, 0.3) is 0 Å². The van der Waals surface area contributed by atoms with Crippen LogP contribution in [0.5, 0.6) is 0 Å². The van der Waals surface area contributed by atoms with Crippen LogP contribution in [0.2, 0.25) is 0 Å². The van der Waals surface area contributed by atoms with Crippen molar-refractivity contribution in [3.8, 4) is 0 Å². The van der Waals surface area contributed by atoms with Gasteiger partial charge in [0.15, 0.2) is 0 Å². The number of nitrogens with one attached hydrogen (secondary N) is 2. The van der Waals surface area contributed by atoms with Gasteiger partial charge in [-0.05, 0) is 31.1 Å². The first-order valence-corrected chi connectivity index (χ1v) is 7.29. The lowest BCUT2D eigenvalue weighted by atomic mass is 10.0. The van der Waals surface area contributed by atoms with E-state index < -0.39 is 18.0 Å². The fourth-order valence-electron chi connectivity index (χ4n) is 2.15. The molecular formula is C14H26N2O4. The monoisotopic (exact) mass is 286 g/mol. The van der Waals surface area contributed by atoms with Crippen molar-refractivity contribution < 1.29 is 19.4 Å². The highest BCUT2D eigenvalue weighted by Gasteiger charge is 2.42. The van der Waals surface area contributed by atoms with Gasteiger partial charge in [-0.3, -0.25) is 0 Å². The fraction of sp³-hybridized carbons (Fsp3) is 0.857. The Morgan fingerprint density at radius 1 is 1.40 bits per heavy atom. The summed E-state index contributed by atoms with van der Waals surface area (Å²) in [5.74, 6) is -0.978. The summed E-state index contributed by atoms with van der Waals surface area (Å²) in [4.78, 5) is 22.8. The van der Waals surface area contributed by atoms with Gasteiger partial charge in [-0.2, -0.15) is 0 Å². The summed E-state index contributed by atoms with van der Waals surface area (Å²) < 4.78 is 5.06. The number of rotatable bonds is 10. The van der Waals surface area contributed by atoms with Crippen molar-refractivity contribution in [3.63, 3.8) is 0 Å². The number of carbonyl (C=O) groups excluding carboxylic acids is 1. The molecule has 1 fully saturated rings. The van der Waals surface area contributed by atoms with E-state index in [0.29, 0.717) is 19.6 Å². The minimum atomic E-state index is -0.978. The first kappa shape index (κ1) is 16.8. The van der Waals surface area contributed by atoms with Crippen molar-refractivity contribution in [3.05, 3.63) is 0 Å². The van der Waals surface area contributed by atoms with Gasteiger partial charge in [0.1, 0.15) is 6.04 Å². The quantitative estimate of drug-likeness (QED) is 0.571. The number of methoxy groups -OCH3 is 1. The molecule has 0 heterocycles. The lowest BCUT2D eigenvalue weighted by Gasteiger charge is -2.18. The van der Waals surface area contributed by atoms with E-state index in [1.807, 2.05) is 6.92 Å². The SMILES string of the molecule is CCCCC(NC(=O)NCC1(CCOC)CC1)C(=O)O. The molecule has 6 heteroatoms. The maximum atomic E-state index is 11.8. The third kappa shape index (κ3) is 5.77. The highest BCUT2D eigenvalue weighted by molar-refractivity contribution is 5.82. The standard InChI is InChI=1S/C14H26N2O4/c1-3-4-5-11(12(17)18)16-13(19)15-10-14(6-7-14)8-9-20-2/h11H,3-10H2,1-2H3,(H,17,18)(H2,15,16,19). The topological polar surface area (TPSA) is 87.7 Å². The molecule has 0 spiro atoms. The van der Waals surface area contributed by atoms with Crippen LogP contribution in [0.1, 0.15) is 45.4 Å². The van der Waals surface area contributed by atoms with Crippen LogP contribution >= 0.6 is 0 Å². The lowest BCUT2D eigenvalue weighted by Crippen LogP contribution is -2.47. The van der Waals surface area contributed by atoms with Gasteiger partial charge in [0.05, 0.1) is 0 Å². The van der Waals surface area contributed by atoms with Crippen molar-refractivity contribution in [1.82, 2.24) is 10.6 Å². The molecule has 0 aromatic heterocycles. The molecule has 0 aliphatic heterocycles. The van der Waals surface area contributed by atoms with E-state index in [0.717, 1.165) is 32.1 Å². The van der Waals surface area contributed by atoms with Crippen molar-refractivity contribution >= 4 is 12.0 Å². The predicted molar refractivity (Wildman–Crippen MR) is 75.6 cm³/mol. The molecule has 0 aromatic carbocycles. The molecular weight excluding hydrogens is 260 g/mol. The number of carbonyl (C=O) groups is 2. The maximum absolute atomic E-state index is 11.8. The Kier molecular flexibility index (Phi) is 6.78. The molecule has 116 valence electrons. The average molecular weight is 286 g/mol. The number of hydrogen-bond donors (Lipinski definition) is 3. The normalized spacial score (nSPS) is 17.3. The van der Waals surface area contributed by atoms with E-state index in [4.69, 9.17) is 9.84 Å². The minimum Gasteiger partial charge on any atom is -0.480 e. The van der Waals surface area contributed by atoms with Crippen LogP contribution < -0.4 is 10.6 Å². The van der Waals surface area contributed by atoms with E-state index in [9.17, 15) is 9.59 Å². The molecule has 1 saturated carbocycles. The second-order valence-electron chi connectivity index (χ2n) is 5.60. The zero-order valence-corrected chi connectivity index (χ0v) is 12.4. The van der Waals surface area contributed by atoms with E-state index >= 15 is 0 Å². The number of ether oxygens (including phenoxy) is 1. The van der Waals surface area contributed by atoms with E-state index in [1.165, 1.54) is 0 Å². The van der Waals surface area contributed by atoms with Crippen LogP contribution in [-0.2, 0) is 9.53 Å². The van der Waals surface area contributed by atoms with Crippen LogP contribution in [0.25, 0.3) is 0 Å². The van der Waals surface area contributed by atoms with E-state index in [-0.39, 0.29) is 5.41 Å². The molecule has 20 heavy (non-hydrogen) atoms. The molecule has 3 N–H and O–H groups in total. The predicted octanol–water partition coefficient (Wildman–Crippen LogP) is 1.75. The second-order valence-corrected chi connectivity index (χ2v) is 5.60. The Hall–Kier alpha value is -1.30. The zero-order chi connectivity index (χ0) is 15.0. The molecule has 1 aliphatic carbocycles. The second kappa shape index (κ2) is 8.09. The summed E-state index contributed by atoms with van der Waals surface area (Å²) in [5, 5.41) is 14.4. The molecule has 1 unspecified atom stereocenters. The van der Waals surface area contributed by atoms with Gasteiger partial charge in [0.2, 0.25) is 0 Å². The van der Waals surface area contributed by atoms with Crippen LogP contribution in [0.3, 0.4) is 0 Å². The summed E-state index contributed by atoms with van der Waals surface area (Å²) in [6.45, 7) is 3.27. The minimum absolute atomic E-state index is 0.162. The molecule has 1 atom stereocenters. The summed E-state index contributed by atoms with van der Waals surface area (Å²) >= 11 is 0. The molecule has 0 radical (unpaired) electrons. The van der Waals surface area contributed by atoms with E-state index in [1.54, 1.807) is 7.11 Å². The van der Waals surface area contributed by atoms with Gasteiger partial charge >= 0.3 is 12.0 Å². The summed E-state index contributed by atoms with van der Waals surface area (Å²) in [6.07, 6.45) is 5.28. The van der Waals surface area contributed by atoms with Crippen molar-refractivity contribution in [2.75, 3.05) is 20.3 Å². The lowest BCUT2D eigenvalue weighted by molar-refractivity contribution is -0.139. The van der Waals surface area contributed by atoms with Crippen molar-refractivity contribution in [2.24, 2.45) is 5.41 Å². The Balaban J connectivity index is 2.29. The molecule has 1 aliphatic rings. The Morgan fingerprint density at radius 2 is 2.10 bits per heavy atom. The molecule has 0 aromatic rings. The van der Waals surface area contributed by atoms with Crippen molar-refractivity contribution in [2.45, 2.75) is 51.5 Å². The summed E-state index contributed by atoms with van der Waals surface area (Å²) in [5.41, 5.74) is 0.162. The van der Waals surface area contributed by atoms with E-state index in [2.05, 4.69) is 10.6 Å². The Labute approximate surface area is 120 Å². The highest BCUT2D eigenvalue weighted by Crippen LogP contribution is 2.48. The van der Waals surface area contributed by atoms with Gasteiger partial charge in [-0.15, -0.1) is 0 Å². The largest absolute Gasteiger partial charge is 0.480 e. The first-order valence-electron chi connectivity index (χ1n) is 7.29. The van der Waals surface area contributed by atoms with Gasteiger partial charge < -0.3 is 20.5 Å². The molecule has 2 amide bonds. The summed E-state index contributed by atoms with van der Waals surface area (Å²) in [6, 6.07) is -1.19. The smallest absolute Gasteiger partial charge is 0.326 e. The van der Waals surface area contributed by atoms with Crippen LogP contribution in [0, 0.1) is 5.41 Å². The van der Waals surface area contributed by atoms with Crippen molar-refractivity contribution in [1.29, 1.82) is 0 Å². The van der Waals surface area contributed by atoms with Gasteiger partial charge in [-0.25, -0.2) is 9.59 Å². The number of aliphatic carboxylic acids is 1. The number of hydrogen-bond acceptors (Lipinski definition) is 3. The number of urea groups is 1. The Morgan fingerprint density at radius 3 is 2.60 bits per heavy atom. The zero-order valence-electron chi connectivity index (χ0n) is 12.4. The molecule has 6 nitrogen and oxygen atoms in total. The number of carboxylic acid groups (broad SMARTS) is 1. The third-order valence-corrected chi connectivity index (χ3v) is 3.87. The first-order chi connectivity index (χ1) is 9.53. The maximum Gasteiger partial charge on any atom is 0.326 e. The van der Waals surface area contributed by atoms with Crippen LogP contribution in [0.4, 0.5) is 4.79 Å². The molecule has 0 bridgehead atoms. The van der Waals surface area contributed by atoms with Gasteiger partial charge in [-0.1, -0.05) is 19.8 Å². The number of amides is 2. The number of unbranched alkanes of at least 4 members (excludes halogenated alkanes) is 1. The van der Waals surface area contributed by atoms with Gasteiger partial charge in [0, 0.05) is 20.3 Å².